The van der Waals surface area contributed by atoms with E-state index in [4.69, 9.17) is 9.47 Å². The molecule has 3 fully saturated rings. The van der Waals surface area contributed by atoms with Crippen LogP contribution in [0.5, 0.6) is 11.6 Å². The molecule has 14 nitrogen and oxygen atoms in total. The van der Waals surface area contributed by atoms with E-state index < -0.39 is 80.5 Å². The van der Waals surface area contributed by atoms with Crippen LogP contribution in [-0.4, -0.2) is 89.4 Å². The number of hydrogen-bond donors (Lipinski definition) is 4. The van der Waals surface area contributed by atoms with Crippen LogP contribution in [0.25, 0.3) is 10.8 Å². The number of allylic oxidation sites excluding steroid dienone is 1. The molecule has 0 unspecified atom stereocenters. The number of ether oxygens (including phenoxy) is 2. The molecule has 1 aromatic carbocycles. The summed E-state index contributed by atoms with van der Waals surface area (Å²) < 4.78 is 54.3. The summed E-state index contributed by atoms with van der Waals surface area (Å²) in [5.74, 6) is -3.52. The third-order valence-electron chi connectivity index (χ3n) is 10.3. The van der Waals surface area contributed by atoms with Crippen LogP contribution in [0.4, 0.5) is 9.18 Å². The van der Waals surface area contributed by atoms with E-state index in [1.807, 2.05) is 19.1 Å². The number of nitrogens with zero attached hydrogens (tertiary/aromatic N) is 2. The van der Waals surface area contributed by atoms with Gasteiger partial charge in [-0.15, -0.1) is 0 Å². The van der Waals surface area contributed by atoms with Crippen molar-refractivity contribution in [2.75, 3.05) is 13.2 Å². The summed E-state index contributed by atoms with van der Waals surface area (Å²) in [4.78, 5) is 59.7. The first-order valence-electron chi connectivity index (χ1n) is 17.4. The molecular formula is C35H44FN5O9S. The highest BCUT2D eigenvalue weighted by Gasteiger charge is 2.62. The summed E-state index contributed by atoms with van der Waals surface area (Å²) in [6.45, 7) is 5.64. The van der Waals surface area contributed by atoms with Gasteiger partial charge in [0.15, 0.2) is 11.6 Å². The smallest absolute Gasteiger partial charge is 0.405 e. The molecule has 3 heterocycles. The number of pyridine rings is 1. The maximum Gasteiger partial charge on any atom is 0.405 e. The Morgan fingerprint density at radius 3 is 2.65 bits per heavy atom. The molecule has 4 amide bonds. The number of halogens is 1. The normalized spacial score (nSPS) is 29.9. The van der Waals surface area contributed by atoms with E-state index in [1.165, 1.54) is 23.2 Å². The van der Waals surface area contributed by atoms with Crippen LogP contribution >= 0.6 is 0 Å². The van der Waals surface area contributed by atoms with Gasteiger partial charge in [-0.25, -0.2) is 22.6 Å². The van der Waals surface area contributed by atoms with Gasteiger partial charge in [0, 0.05) is 23.9 Å². The van der Waals surface area contributed by atoms with Crippen molar-refractivity contribution in [3.8, 4) is 11.6 Å². The molecule has 51 heavy (non-hydrogen) atoms. The summed E-state index contributed by atoms with van der Waals surface area (Å²) in [5, 5.41) is 15.1. The molecule has 0 bridgehead atoms. The number of carboxylic acid groups (broad SMARTS) is 1. The van der Waals surface area contributed by atoms with Crippen LogP contribution in [-0.2, 0) is 24.4 Å². The number of rotatable bonds is 8. The fourth-order valence-corrected chi connectivity index (χ4v) is 8.66. The number of amides is 4. The second-order valence-electron chi connectivity index (χ2n) is 14.2. The molecule has 16 heteroatoms. The number of fused-ring (bicyclic) bond motifs is 3. The van der Waals surface area contributed by atoms with Gasteiger partial charge >= 0.3 is 6.09 Å². The maximum absolute atomic E-state index is 14.9. The first-order chi connectivity index (χ1) is 24.2. The van der Waals surface area contributed by atoms with Gasteiger partial charge in [-0.3, -0.25) is 19.1 Å². The van der Waals surface area contributed by atoms with Crippen molar-refractivity contribution in [1.29, 1.82) is 0 Å². The predicted molar refractivity (Wildman–Crippen MR) is 183 cm³/mol. The molecule has 1 saturated heterocycles. The van der Waals surface area contributed by atoms with E-state index in [9.17, 15) is 37.1 Å². The van der Waals surface area contributed by atoms with Crippen LogP contribution in [0.2, 0.25) is 0 Å². The minimum absolute atomic E-state index is 0.0611. The van der Waals surface area contributed by atoms with Crippen LogP contribution in [0.1, 0.15) is 65.7 Å². The van der Waals surface area contributed by atoms with Crippen molar-refractivity contribution in [2.45, 2.75) is 94.7 Å². The Hall–Kier alpha value is -4.47. The number of carbonyl (C=O) groups is 4. The van der Waals surface area contributed by atoms with Gasteiger partial charge in [-0.2, -0.15) is 0 Å². The van der Waals surface area contributed by atoms with Gasteiger partial charge in [-0.1, -0.05) is 26.0 Å². The zero-order chi connectivity index (χ0) is 36.7. The molecule has 2 saturated carbocycles. The molecule has 4 aliphatic rings. The van der Waals surface area contributed by atoms with Gasteiger partial charge in [0.1, 0.15) is 23.7 Å². The van der Waals surface area contributed by atoms with Crippen molar-refractivity contribution in [3.05, 3.63) is 42.4 Å². The molecule has 6 rings (SSSR count). The standard InChI is InChI=1S/C35H44FN5O9S/c1-4-49-28-14-21-11-12-37-31(25(21)16-26(28)36)50-23-15-27-30(42)39-35(33(44)40-51(47,48)24-9-10-24)17-22(35)8-6-5-7-19(2)13-20(3)29(38-34(45)46)32(43)41(27)18-23/h6,8,11-12,14,16,19-20,22-24,27,29,38H,4-5,7,9-10,13,15,17-18H2,1-3H3,(H,39,42)(H,40,44)(H,45,46)/t19-,20-,22-,23-,27+,29+,35-/m1/s1. The number of hydrogen-bond acceptors (Lipinski definition) is 9. The summed E-state index contributed by atoms with van der Waals surface area (Å²) >= 11 is 0. The van der Waals surface area contributed by atoms with Crippen molar-refractivity contribution in [2.24, 2.45) is 17.8 Å². The van der Waals surface area contributed by atoms with E-state index >= 15 is 0 Å². The van der Waals surface area contributed by atoms with Crippen LogP contribution in [0.15, 0.2) is 36.5 Å². The number of carbonyl (C=O) groups excluding carboxylic acids is 3. The van der Waals surface area contributed by atoms with E-state index in [0.717, 1.165) is 6.42 Å². The Kier molecular flexibility index (Phi) is 10.2. The number of sulfonamides is 1. The van der Waals surface area contributed by atoms with Gasteiger partial charge in [0.2, 0.25) is 27.7 Å². The van der Waals surface area contributed by atoms with Crippen LogP contribution in [0, 0.1) is 23.6 Å². The first-order valence-corrected chi connectivity index (χ1v) is 19.0. The Morgan fingerprint density at radius 2 is 1.94 bits per heavy atom. The fraction of sp³-hybridized carbons (Fsp3) is 0.571. The van der Waals surface area contributed by atoms with Gasteiger partial charge in [0.25, 0.3) is 5.91 Å². The molecule has 7 atom stereocenters. The van der Waals surface area contributed by atoms with Crippen molar-refractivity contribution in [3.63, 3.8) is 0 Å². The largest absolute Gasteiger partial charge is 0.491 e. The van der Waals surface area contributed by atoms with E-state index in [0.29, 0.717) is 36.5 Å². The van der Waals surface area contributed by atoms with Crippen molar-refractivity contribution < 1.29 is 46.6 Å². The summed E-state index contributed by atoms with van der Waals surface area (Å²) in [7, 11) is -3.92. The second-order valence-corrected chi connectivity index (χ2v) is 16.2. The number of benzene rings is 1. The topological polar surface area (TPSA) is 193 Å². The summed E-state index contributed by atoms with van der Waals surface area (Å²) in [5.41, 5.74) is -1.56. The lowest BCUT2D eigenvalue weighted by molar-refractivity contribution is -0.142. The van der Waals surface area contributed by atoms with E-state index in [2.05, 4.69) is 20.3 Å². The molecule has 1 aromatic heterocycles. The van der Waals surface area contributed by atoms with Crippen LogP contribution < -0.4 is 24.8 Å². The van der Waals surface area contributed by atoms with Gasteiger partial charge in [0.05, 0.1) is 18.4 Å². The molecule has 2 aliphatic carbocycles. The minimum atomic E-state index is -3.92. The average Bonchev–Trinajstić information content (AvgIpc) is 3.99. The molecule has 2 aromatic rings. The maximum atomic E-state index is 14.9. The highest BCUT2D eigenvalue weighted by Crippen LogP contribution is 2.46. The summed E-state index contributed by atoms with van der Waals surface area (Å²) in [6.07, 6.45) is 5.80. The van der Waals surface area contributed by atoms with Crippen molar-refractivity contribution in [1.82, 2.24) is 25.2 Å². The quantitative estimate of drug-likeness (QED) is 0.293. The van der Waals surface area contributed by atoms with Crippen molar-refractivity contribution >= 4 is 44.6 Å². The third kappa shape index (κ3) is 7.75. The Labute approximate surface area is 295 Å². The molecular weight excluding hydrogens is 685 g/mol. The van der Waals surface area contributed by atoms with Gasteiger partial charge in [-0.05, 0) is 80.9 Å². The highest BCUT2D eigenvalue weighted by atomic mass is 32.2. The average molecular weight is 730 g/mol. The van der Waals surface area contributed by atoms with Gasteiger partial charge < -0.3 is 30.1 Å². The zero-order valence-corrected chi connectivity index (χ0v) is 29.6. The van der Waals surface area contributed by atoms with E-state index in [-0.39, 0.29) is 43.5 Å². The minimum Gasteiger partial charge on any atom is -0.491 e. The lowest BCUT2D eigenvalue weighted by atomic mass is 9.88. The third-order valence-corrected chi connectivity index (χ3v) is 12.1. The lowest BCUT2D eigenvalue weighted by Gasteiger charge is -2.32. The monoisotopic (exact) mass is 729 g/mol. The lowest BCUT2D eigenvalue weighted by Crippen LogP contribution is -2.59. The SMILES string of the molecule is CCOc1cc2ccnc(O[C@@H]3C[C@H]4C(=O)N[C@]5(C(=O)NS(=O)(=O)C6CC6)C[C@H]5C=CCC[C@@H](C)C[C@@H](C)[C@H](NC(=O)O)C(=O)N4C3)c2cc1F. The second kappa shape index (κ2) is 14.3. The summed E-state index contributed by atoms with van der Waals surface area (Å²) in [6, 6.07) is 2.01. The fourth-order valence-electron chi connectivity index (χ4n) is 7.30. The number of nitrogens with one attached hydrogen (secondary N) is 3. The Morgan fingerprint density at radius 1 is 1.18 bits per heavy atom. The van der Waals surface area contributed by atoms with E-state index in [1.54, 1.807) is 19.9 Å². The molecule has 2 aliphatic heterocycles. The Bertz CT molecular complexity index is 1850. The number of aromatic nitrogens is 1. The zero-order valence-electron chi connectivity index (χ0n) is 28.8. The molecule has 276 valence electrons. The molecule has 0 radical (unpaired) electrons. The molecule has 0 spiro atoms. The Balaban J connectivity index is 1.33. The first kappa shape index (κ1) is 36.3. The van der Waals surface area contributed by atoms with Crippen LogP contribution in [0.3, 0.4) is 0 Å². The molecule has 4 N–H and O–H groups in total. The highest BCUT2D eigenvalue weighted by molar-refractivity contribution is 7.91. The predicted octanol–water partition coefficient (Wildman–Crippen LogP) is 3.25.